The van der Waals surface area contributed by atoms with Crippen LogP contribution in [0.1, 0.15) is 44.6 Å². The second kappa shape index (κ2) is 9.30. The van der Waals surface area contributed by atoms with Crippen molar-refractivity contribution in [1.29, 1.82) is 0 Å². The van der Waals surface area contributed by atoms with Crippen LogP contribution in [-0.4, -0.2) is 49.6 Å². The molecule has 0 heterocycles. The number of hydrogen-bond donors (Lipinski definition) is 2. The van der Waals surface area contributed by atoms with E-state index >= 15 is 0 Å². The Morgan fingerprint density at radius 2 is 1.96 bits per heavy atom. The summed E-state index contributed by atoms with van der Waals surface area (Å²) >= 11 is 0. The molecule has 6 heteroatoms. The summed E-state index contributed by atoms with van der Waals surface area (Å²) in [4.78, 5) is 25.7. The number of hydrogen-bond acceptors (Lipinski definition) is 3. The SMILES string of the molecule is CCN(CC)C(=O)CCCNC(=O)NC1CC1c1ccccc1OC. The maximum atomic E-state index is 12.0. The van der Waals surface area contributed by atoms with Crippen LogP contribution in [0.4, 0.5) is 4.79 Å². The number of amides is 3. The molecular weight excluding hydrogens is 318 g/mol. The first-order valence-electron chi connectivity index (χ1n) is 9.05. The number of para-hydroxylation sites is 1. The fraction of sp³-hybridized carbons (Fsp3) is 0.579. The largest absolute Gasteiger partial charge is 0.496 e. The summed E-state index contributed by atoms with van der Waals surface area (Å²) < 4.78 is 5.38. The average Bonchev–Trinajstić information content (AvgIpc) is 3.38. The first kappa shape index (κ1) is 19.1. The minimum atomic E-state index is -0.169. The average molecular weight is 347 g/mol. The van der Waals surface area contributed by atoms with E-state index in [4.69, 9.17) is 4.74 Å². The zero-order valence-electron chi connectivity index (χ0n) is 15.4. The van der Waals surface area contributed by atoms with E-state index in [1.165, 1.54) is 0 Å². The van der Waals surface area contributed by atoms with E-state index in [-0.39, 0.29) is 18.0 Å². The van der Waals surface area contributed by atoms with Crippen molar-refractivity contribution in [2.45, 2.75) is 45.1 Å². The fourth-order valence-corrected chi connectivity index (χ4v) is 3.07. The Balaban J connectivity index is 1.66. The highest BCUT2D eigenvalue weighted by Gasteiger charge is 2.41. The standard InChI is InChI=1S/C19H29N3O3/c1-4-22(5-2)18(23)11-8-12-20-19(24)21-16-13-15(16)14-9-6-7-10-17(14)25-3/h6-7,9-10,15-16H,4-5,8,11-13H2,1-3H3,(H2,20,21,24). The van der Waals surface area contributed by atoms with Gasteiger partial charge in [-0.3, -0.25) is 4.79 Å². The number of nitrogens with one attached hydrogen (secondary N) is 2. The smallest absolute Gasteiger partial charge is 0.315 e. The monoisotopic (exact) mass is 347 g/mol. The number of rotatable bonds is 9. The fourth-order valence-electron chi connectivity index (χ4n) is 3.07. The molecule has 2 unspecified atom stereocenters. The second-order valence-corrected chi connectivity index (χ2v) is 6.26. The minimum absolute atomic E-state index is 0.144. The first-order chi connectivity index (χ1) is 12.1. The van der Waals surface area contributed by atoms with E-state index in [2.05, 4.69) is 10.6 Å². The van der Waals surface area contributed by atoms with Crippen molar-refractivity contribution in [3.63, 3.8) is 0 Å². The van der Waals surface area contributed by atoms with Crippen molar-refractivity contribution >= 4 is 11.9 Å². The molecule has 3 amide bonds. The van der Waals surface area contributed by atoms with Gasteiger partial charge in [-0.25, -0.2) is 4.79 Å². The van der Waals surface area contributed by atoms with E-state index in [1.807, 2.05) is 43.0 Å². The topological polar surface area (TPSA) is 70.7 Å². The lowest BCUT2D eigenvalue weighted by atomic mass is 10.1. The number of nitrogens with zero attached hydrogens (tertiary/aromatic N) is 1. The Morgan fingerprint density at radius 3 is 2.64 bits per heavy atom. The summed E-state index contributed by atoms with van der Waals surface area (Å²) in [5.41, 5.74) is 1.14. The highest BCUT2D eigenvalue weighted by molar-refractivity contribution is 5.76. The number of methoxy groups -OCH3 is 1. The predicted molar refractivity (Wildman–Crippen MR) is 97.8 cm³/mol. The van der Waals surface area contributed by atoms with Gasteiger partial charge in [-0.05, 0) is 38.3 Å². The van der Waals surface area contributed by atoms with Crippen LogP contribution >= 0.6 is 0 Å². The Bertz CT molecular complexity index is 587. The van der Waals surface area contributed by atoms with Gasteiger partial charge in [-0.15, -0.1) is 0 Å². The molecule has 0 spiro atoms. The lowest BCUT2D eigenvalue weighted by molar-refractivity contribution is -0.130. The Hall–Kier alpha value is -2.24. The molecule has 1 aliphatic carbocycles. The third-order valence-corrected chi connectivity index (χ3v) is 4.61. The Kier molecular flexibility index (Phi) is 7.10. The summed E-state index contributed by atoms with van der Waals surface area (Å²) in [6.45, 7) is 5.91. The molecule has 0 aliphatic heterocycles. The summed E-state index contributed by atoms with van der Waals surface area (Å²) in [5, 5.41) is 5.82. The van der Waals surface area contributed by atoms with Crippen molar-refractivity contribution in [2.75, 3.05) is 26.7 Å². The van der Waals surface area contributed by atoms with Crippen molar-refractivity contribution in [1.82, 2.24) is 15.5 Å². The van der Waals surface area contributed by atoms with Crippen molar-refractivity contribution in [3.8, 4) is 5.75 Å². The van der Waals surface area contributed by atoms with E-state index in [9.17, 15) is 9.59 Å². The van der Waals surface area contributed by atoms with Crippen molar-refractivity contribution in [2.24, 2.45) is 0 Å². The van der Waals surface area contributed by atoms with Crippen LogP contribution < -0.4 is 15.4 Å². The van der Waals surface area contributed by atoms with Crippen LogP contribution in [0.3, 0.4) is 0 Å². The third-order valence-electron chi connectivity index (χ3n) is 4.61. The molecule has 2 atom stereocenters. The summed E-state index contributed by atoms with van der Waals surface area (Å²) in [6, 6.07) is 7.89. The molecule has 1 aromatic rings. The molecule has 0 saturated heterocycles. The van der Waals surface area contributed by atoms with Crippen LogP contribution in [-0.2, 0) is 4.79 Å². The van der Waals surface area contributed by atoms with Crippen molar-refractivity contribution < 1.29 is 14.3 Å². The number of carbonyl (C=O) groups excluding carboxylic acids is 2. The number of benzene rings is 1. The lowest BCUT2D eigenvalue weighted by Gasteiger charge is -2.18. The molecule has 25 heavy (non-hydrogen) atoms. The zero-order valence-corrected chi connectivity index (χ0v) is 15.4. The summed E-state index contributed by atoms with van der Waals surface area (Å²) in [6.07, 6.45) is 2.05. The van der Waals surface area contributed by atoms with Gasteiger partial charge < -0.3 is 20.3 Å². The molecule has 1 aliphatic rings. The van der Waals surface area contributed by atoms with Gasteiger partial charge >= 0.3 is 6.03 Å². The van der Waals surface area contributed by atoms with E-state index in [0.717, 1.165) is 30.8 Å². The van der Waals surface area contributed by atoms with Crippen molar-refractivity contribution in [3.05, 3.63) is 29.8 Å². The van der Waals surface area contributed by atoms with E-state index in [0.29, 0.717) is 25.3 Å². The maximum Gasteiger partial charge on any atom is 0.315 e. The van der Waals surface area contributed by atoms with Gasteiger partial charge in [0.2, 0.25) is 5.91 Å². The first-order valence-corrected chi connectivity index (χ1v) is 9.05. The second-order valence-electron chi connectivity index (χ2n) is 6.26. The van der Waals surface area contributed by atoms with Gasteiger partial charge in [-0.1, -0.05) is 18.2 Å². The van der Waals surface area contributed by atoms with Gasteiger partial charge in [0.15, 0.2) is 0 Å². The van der Waals surface area contributed by atoms with Gasteiger partial charge in [0.1, 0.15) is 5.75 Å². The molecule has 1 aromatic carbocycles. The molecule has 1 saturated carbocycles. The Labute approximate surface area is 149 Å². The van der Waals surface area contributed by atoms with Crippen LogP contribution in [0, 0.1) is 0 Å². The highest BCUT2D eigenvalue weighted by atomic mass is 16.5. The molecule has 0 bridgehead atoms. The van der Waals surface area contributed by atoms with E-state index < -0.39 is 0 Å². The molecular formula is C19H29N3O3. The van der Waals surface area contributed by atoms with Crippen LogP contribution in [0.15, 0.2) is 24.3 Å². The third kappa shape index (κ3) is 5.37. The van der Waals surface area contributed by atoms with Crippen LogP contribution in [0.2, 0.25) is 0 Å². The number of urea groups is 1. The number of carbonyl (C=O) groups is 2. The minimum Gasteiger partial charge on any atom is -0.496 e. The van der Waals surface area contributed by atoms with Gasteiger partial charge in [-0.2, -0.15) is 0 Å². The maximum absolute atomic E-state index is 12.0. The molecule has 0 aromatic heterocycles. The van der Waals surface area contributed by atoms with Gasteiger partial charge in [0, 0.05) is 38.0 Å². The van der Waals surface area contributed by atoms with Gasteiger partial charge in [0.25, 0.3) is 0 Å². The quantitative estimate of drug-likeness (QED) is 0.674. The lowest BCUT2D eigenvalue weighted by Crippen LogP contribution is -2.38. The predicted octanol–water partition coefficient (Wildman–Crippen LogP) is 2.50. The molecule has 2 rings (SSSR count). The summed E-state index contributed by atoms with van der Waals surface area (Å²) in [7, 11) is 1.66. The van der Waals surface area contributed by atoms with Gasteiger partial charge in [0.05, 0.1) is 7.11 Å². The highest BCUT2D eigenvalue weighted by Crippen LogP contribution is 2.44. The Morgan fingerprint density at radius 1 is 1.24 bits per heavy atom. The molecule has 1 fully saturated rings. The zero-order chi connectivity index (χ0) is 18.2. The molecule has 0 radical (unpaired) electrons. The normalized spacial score (nSPS) is 18.4. The summed E-state index contributed by atoms with van der Waals surface area (Å²) in [5.74, 6) is 1.32. The molecule has 138 valence electrons. The molecule has 2 N–H and O–H groups in total. The van der Waals surface area contributed by atoms with Crippen LogP contribution in [0.5, 0.6) is 5.75 Å². The number of ether oxygens (including phenoxy) is 1. The molecule has 6 nitrogen and oxygen atoms in total. The van der Waals surface area contributed by atoms with Crippen LogP contribution in [0.25, 0.3) is 0 Å². The van der Waals surface area contributed by atoms with E-state index in [1.54, 1.807) is 7.11 Å².